The molecule has 0 atom stereocenters. The Morgan fingerprint density at radius 1 is 1.03 bits per heavy atom. The number of nitrogens with zero attached hydrogens (tertiary/aromatic N) is 5. The van der Waals surface area contributed by atoms with Gasteiger partial charge >= 0.3 is 0 Å². The van der Waals surface area contributed by atoms with Gasteiger partial charge in [-0.2, -0.15) is 20.1 Å². The number of aromatic nitrogens is 3. The maximum atomic E-state index is 5.44. The second-order valence-electron chi connectivity index (χ2n) is 6.77. The molecule has 2 aromatic carbocycles. The van der Waals surface area contributed by atoms with Gasteiger partial charge in [-0.15, -0.1) is 0 Å². The van der Waals surface area contributed by atoms with E-state index < -0.39 is 0 Å². The van der Waals surface area contributed by atoms with Crippen LogP contribution in [-0.4, -0.2) is 47.5 Å². The smallest absolute Gasteiger partial charge is 0.250 e. The molecule has 30 heavy (non-hydrogen) atoms. The van der Waals surface area contributed by atoms with Crippen LogP contribution in [0.1, 0.15) is 11.1 Å². The van der Waals surface area contributed by atoms with Crippen molar-refractivity contribution in [2.75, 3.05) is 41.9 Å². The lowest BCUT2D eigenvalue weighted by Gasteiger charge is -2.27. The number of ether oxygens (including phenoxy) is 1. The summed E-state index contributed by atoms with van der Waals surface area (Å²) in [6.45, 7) is 4.79. The Morgan fingerprint density at radius 2 is 1.80 bits per heavy atom. The van der Waals surface area contributed by atoms with E-state index in [1.54, 1.807) is 6.21 Å². The summed E-state index contributed by atoms with van der Waals surface area (Å²) < 4.78 is 6.38. The zero-order valence-electron chi connectivity index (χ0n) is 16.5. The number of nitrogens with one attached hydrogen (secondary N) is 2. The molecule has 1 saturated heterocycles. The standard InChI is InChI=1S/C21H22BrN7O/c1-15-7-8-18(17(22)13-15)24-19-25-20(28-23-14-16-5-3-2-4-6-16)27-21(26-19)29-9-11-30-12-10-29/h2-8,13-14H,9-12H2,1H3,(H2,24,25,26,27,28)/b23-14-. The molecule has 2 heterocycles. The van der Waals surface area contributed by atoms with E-state index in [4.69, 9.17) is 4.74 Å². The Morgan fingerprint density at radius 3 is 2.57 bits per heavy atom. The van der Waals surface area contributed by atoms with Crippen LogP contribution in [0.25, 0.3) is 0 Å². The number of halogens is 1. The molecule has 0 unspecified atom stereocenters. The number of anilines is 4. The highest BCUT2D eigenvalue weighted by atomic mass is 79.9. The minimum atomic E-state index is 0.365. The van der Waals surface area contributed by atoms with Crippen LogP contribution < -0.4 is 15.6 Å². The van der Waals surface area contributed by atoms with Crippen LogP contribution in [0.4, 0.5) is 23.5 Å². The molecule has 3 aromatic rings. The SMILES string of the molecule is Cc1ccc(Nc2nc(N/N=C\c3ccccc3)nc(N3CCOCC3)n2)c(Br)c1. The van der Waals surface area contributed by atoms with Crippen LogP contribution in [0.15, 0.2) is 58.1 Å². The summed E-state index contributed by atoms with van der Waals surface area (Å²) in [5.41, 5.74) is 5.94. The lowest BCUT2D eigenvalue weighted by atomic mass is 10.2. The van der Waals surface area contributed by atoms with Crippen molar-refractivity contribution in [1.29, 1.82) is 0 Å². The first-order valence-corrected chi connectivity index (χ1v) is 10.4. The summed E-state index contributed by atoms with van der Waals surface area (Å²) in [7, 11) is 0. The van der Waals surface area contributed by atoms with E-state index in [9.17, 15) is 0 Å². The average molecular weight is 468 g/mol. The first kappa shape index (κ1) is 20.2. The zero-order chi connectivity index (χ0) is 20.8. The Hall–Kier alpha value is -3.04. The van der Waals surface area contributed by atoms with Crippen molar-refractivity contribution in [3.63, 3.8) is 0 Å². The molecule has 8 nitrogen and oxygen atoms in total. The summed E-state index contributed by atoms with van der Waals surface area (Å²) in [6, 6.07) is 15.9. The second kappa shape index (κ2) is 9.64. The van der Waals surface area contributed by atoms with Gasteiger partial charge in [-0.05, 0) is 46.1 Å². The highest BCUT2D eigenvalue weighted by Crippen LogP contribution is 2.26. The van der Waals surface area contributed by atoms with E-state index in [1.807, 2.05) is 55.5 Å². The van der Waals surface area contributed by atoms with Crippen LogP contribution in [0.3, 0.4) is 0 Å². The Kier molecular flexibility index (Phi) is 6.50. The zero-order valence-corrected chi connectivity index (χ0v) is 18.1. The van der Waals surface area contributed by atoms with Crippen molar-refractivity contribution >= 4 is 45.7 Å². The average Bonchev–Trinajstić information content (AvgIpc) is 2.77. The molecule has 0 bridgehead atoms. The molecule has 0 amide bonds. The molecule has 0 saturated carbocycles. The molecule has 2 N–H and O–H groups in total. The van der Waals surface area contributed by atoms with Crippen LogP contribution in [-0.2, 0) is 4.74 Å². The Bertz CT molecular complexity index is 1020. The third-order valence-electron chi connectivity index (χ3n) is 4.47. The van der Waals surface area contributed by atoms with Gasteiger partial charge < -0.3 is 15.0 Å². The topological polar surface area (TPSA) is 87.6 Å². The summed E-state index contributed by atoms with van der Waals surface area (Å²) in [5.74, 6) is 1.38. The van der Waals surface area contributed by atoms with Crippen LogP contribution in [0.5, 0.6) is 0 Å². The van der Waals surface area contributed by atoms with E-state index >= 15 is 0 Å². The molecular weight excluding hydrogens is 446 g/mol. The fourth-order valence-corrected chi connectivity index (χ4v) is 3.51. The molecule has 1 fully saturated rings. The lowest BCUT2D eigenvalue weighted by Crippen LogP contribution is -2.37. The highest BCUT2D eigenvalue weighted by molar-refractivity contribution is 9.10. The lowest BCUT2D eigenvalue weighted by molar-refractivity contribution is 0.122. The molecule has 1 aliphatic rings. The first-order valence-electron chi connectivity index (χ1n) is 9.63. The maximum Gasteiger partial charge on any atom is 0.250 e. The fraction of sp³-hybridized carbons (Fsp3) is 0.238. The van der Waals surface area contributed by atoms with Crippen LogP contribution in [0.2, 0.25) is 0 Å². The van der Waals surface area contributed by atoms with Crippen LogP contribution >= 0.6 is 15.9 Å². The van der Waals surface area contributed by atoms with Gasteiger partial charge in [0.1, 0.15) is 0 Å². The molecule has 0 aliphatic carbocycles. The van der Waals surface area contributed by atoms with Gasteiger partial charge in [-0.25, -0.2) is 5.43 Å². The maximum absolute atomic E-state index is 5.44. The summed E-state index contributed by atoms with van der Waals surface area (Å²) in [4.78, 5) is 15.7. The number of aryl methyl sites for hydroxylation is 1. The van der Waals surface area contributed by atoms with Crippen LogP contribution in [0, 0.1) is 6.92 Å². The van der Waals surface area contributed by atoms with Gasteiger partial charge in [0.05, 0.1) is 25.1 Å². The molecule has 0 radical (unpaired) electrons. The molecule has 0 spiro atoms. The minimum Gasteiger partial charge on any atom is -0.378 e. The third-order valence-corrected chi connectivity index (χ3v) is 5.12. The number of morpholine rings is 1. The van der Waals surface area contributed by atoms with E-state index in [2.05, 4.69) is 51.6 Å². The molecule has 9 heteroatoms. The predicted molar refractivity (Wildman–Crippen MR) is 123 cm³/mol. The van der Waals surface area contributed by atoms with Crippen molar-refractivity contribution in [2.24, 2.45) is 5.10 Å². The van der Waals surface area contributed by atoms with Crippen molar-refractivity contribution in [3.05, 3.63) is 64.1 Å². The molecular formula is C21H22BrN7O. The Balaban J connectivity index is 1.59. The second-order valence-corrected chi connectivity index (χ2v) is 7.63. The fourth-order valence-electron chi connectivity index (χ4n) is 2.92. The predicted octanol–water partition coefficient (Wildman–Crippen LogP) is 3.97. The van der Waals surface area contributed by atoms with E-state index in [1.165, 1.54) is 0 Å². The van der Waals surface area contributed by atoms with E-state index in [0.717, 1.165) is 34.4 Å². The normalized spacial score (nSPS) is 14.1. The van der Waals surface area contributed by atoms with Gasteiger partial charge in [-0.3, -0.25) is 0 Å². The molecule has 4 rings (SSSR count). The number of hydrogen-bond acceptors (Lipinski definition) is 8. The van der Waals surface area contributed by atoms with Gasteiger partial charge in [0.25, 0.3) is 0 Å². The largest absolute Gasteiger partial charge is 0.378 e. The molecule has 154 valence electrons. The number of rotatable bonds is 6. The number of hydrazone groups is 1. The Labute approximate surface area is 183 Å². The summed E-state index contributed by atoms with van der Waals surface area (Å²) >= 11 is 3.59. The van der Waals surface area contributed by atoms with Gasteiger partial charge in [-0.1, -0.05) is 36.4 Å². The molecule has 1 aliphatic heterocycles. The summed E-state index contributed by atoms with van der Waals surface area (Å²) in [5, 5.41) is 7.54. The van der Waals surface area contributed by atoms with Gasteiger partial charge in [0.15, 0.2) is 0 Å². The van der Waals surface area contributed by atoms with E-state index in [-0.39, 0.29) is 0 Å². The highest BCUT2D eigenvalue weighted by Gasteiger charge is 2.17. The first-order chi connectivity index (χ1) is 14.7. The van der Waals surface area contributed by atoms with Crippen molar-refractivity contribution in [1.82, 2.24) is 15.0 Å². The number of benzene rings is 2. The van der Waals surface area contributed by atoms with Crippen molar-refractivity contribution < 1.29 is 4.74 Å². The van der Waals surface area contributed by atoms with E-state index in [0.29, 0.717) is 31.1 Å². The van der Waals surface area contributed by atoms with Crippen molar-refractivity contribution in [2.45, 2.75) is 6.92 Å². The quantitative estimate of drug-likeness (QED) is 0.418. The molecule has 1 aromatic heterocycles. The van der Waals surface area contributed by atoms with Crippen molar-refractivity contribution in [3.8, 4) is 0 Å². The number of hydrogen-bond donors (Lipinski definition) is 2. The summed E-state index contributed by atoms with van der Waals surface area (Å²) in [6.07, 6.45) is 1.72. The van der Waals surface area contributed by atoms with Gasteiger partial charge in [0, 0.05) is 17.6 Å². The third kappa shape index (κ3) is 5.31. The minimum absolute atomic E-state index is 0.365. The monoisotopic (exact) mass is 467 g/mol. The van der Waals surface area contributed by atoms with Gasteiger partial charge in [0.2, 0.25) is 17.8 Å².